The SMILES string of the molecule is Cl.O=C(CCN1CCNCC1c1cccnc1)NC(=O)NCc1ccccc1. The zero-order valence-electron chi connectivity index (χ0n) is 15.6. The van der Waals surface area contributed by atoms with Crippen LogP contribution in [0.2, 0.25) is 0 Å². The molecule has 1 saturated heterocycles. The predicted octanol–water partition coefficient (Wildman–Crippen LogP) is 1.87. The van der Waals surface area contributed by atoms with Crippen LogP contribution >= 0.6 is 12.4 Å². The van der Waals surface area contributed by atoms with Gasteiger partial charge >= 0.3 is 6.03 Å². The molecule has 0 radical (unpaired) electrons. The Labute approximate surface area is 171 Å². The number of aromatic nitrogens is 1. The third kappa shape index (κ3) is 6.60. The van der Waals surface area contributed by atoms with Crippen LogP contribution in [0, 0.1) is 0 Å². The van der Waals surface area contributed by atoms with Gasteiger partial charge in [-0.1, -0.05) is 36.4 Å². The molecule has 0 spiro atoms. The van der Waals surface area contributed by atoms with E-state index in [0.717, 1.165) is 30.8 Å². The number of carbonyl (C=O) groups excluding carboxylic acids is 2. The van der Waals surface area contributed by atoms with Gasteiger partial charge in [-0.3, -0.25) is 20.0 Å². The molecule has 7 nitrogen and oxygen atoms in total. The molecule has 8 heteroatoms. The van der Waals surface area contributed by atoms with E-state index in [-0.39, 0.29) is 30.8 Å². The van der Waals surface area contributed by atoms with E-state index in [2.05, 4.69) is 31.9 Å². The molecule has 0 aliphatic carbocycles. The molecule has 150 valence electrons. The highest BCUT2D eigenvalue weighted by molar-refractivity contribution is 5.94. The number of amides is 3. The van der Waals surface area contributed by atoms with E-state index < -0.39 is 6.03 Å². The first-order chi connectivity index (χ1) is 13.2. The highest BCUT2D eigenvalue weighted by Gasteiger charge is 2.24. The normalized spacial score (nSPS) is 16.6. The van der Waals surface area contributed by atoms with Gasteiger partial charge in [0.15, 0.2) is 0 Å². The summed E-state index contributed by atoms with van der Waals surface area (Å²) in [7, 11) is 0. The smallest absolute Gasteiger partial charge is 0.321 e. The molecule has 3 amide bonds. The van der Waals surface area contributed by atoms with Crippen LogP contribution in [0.15, 0.2) is 54.9 Å². The minimum absolute atomic E-state index is 0. The summed E-state index contributed by atoms with van der Waals surface area (Å²) < 4.78 is 0. The van der Waals surface area contributed by atoms with Gasteiger partial charge in [0.05, 0.1) is 0 Å². The van der Waals surface area contributed by atoms with Crippen LogP contribution in [0.25, 0.3) is 0 Å². The van der Waals surface area contributed by atoms with Crippen LogP contribution in [0.3, 0.4) is 0 Å². The molecule has 3 rings (SSSR count). The topological polar surface area (TPSA) is 86.4 Å². The largest absolute Gasteiger partial charge is 0.334 e. The summed E-state index contributed by atoms with van der Waals surface area (Å²) in [6, 6.07) is 13.3. The van der Waals surface area contributed by atoms with Crippen molar-refractivity contribution in [3.8, 4) is 0 Å². The summed E-state index contributed by atoms with van der Waals surface area (Å²) in [5.74, 6) is -0.274. The van der Waals surface area contributed by atoms with Crippen molar-refractivity contribution >= 4 is 24.3 Å². The van der Waals surface area contributed by atoms with Crippen molar-refractivity contribution in [2.75, 3.05) is 26.2 Å². The second kappa shape index (κ2) is 11.4. The first-order valence-electron chi connectivity index (χ1n) is 9.18. The van der Waals surface area contributed by atoms with Gasteiger partial charge in [0.25, 0.3) is 0 Å². The minimum atomic E-state index is -0.465. The lowest BCUT2D eigenvalue weighted by molar-refractivity contribution is -0.120. The summed E-state index contributed by atoms with van der Waals surface area (Å²) in [6.07, 6.45) is 3.89. The maximum Gasteiger partial charge on any atom is 0.321 e. The molecular formula is C20H26ClN5O2. The number of benzene rings is 1. The Morgan fingerprint density at radius 1 is 1.18 bits per heavy atom. The molecule has 2 heterocycles. The van der Waals surface area contributed by atoms with Crippen LogP contribution in [0.1, 0.15) is 23.6 Å². The van der Waals surface area contributed by atoms with Gasteiger partial charge < -0.3 is 10.6 Å². The number of imide groups is 1. The Morgan fingerprint density at radius 3 is 2.75 bits per heavy atom. The zero-order valence-corrected chi connectivity index (χ0v) is 16.5. The predicted molar refractivity (Wildman–Crippen MR) is 110 cm³/mol. The van der Waals surface area contributed by atoms with Crippen molar-refractivity contribution < 1.29 is 9.59 Å². The van der Waals surface area contributed by atoms with Gasteiger partial charge in [-0.25, -0.2) is 4.79 Å². The fraction of sp³-hybridized carbons (Fsp3) is 0.350. The van der Waals surface area contributed by atoms with Gasteiger partial charge in [0, 0.05) is 57.6 Å². The number of hydrogen-bond acceptors (Lipinski definition) is 5. The molecule has 1 atom stereocenters. The van der Waals surface area contributed by atoms with Gasteiger partial charge in [-0.2, -0.15) is 0 Å². The Hall–Kier alpha value is -2.48. The molecule has 1 aromatic carbocycles. The fourth-order valence-electron chi connectivity index (χ4n) is 3.17. The number of pyridine rings is 1. The molecular weight excluding hydrogens is 378 g/mol. The van der Waals surface area contributed by atoms with E-state index in [1.807, 2.05) is 42.6 Å². The summed E-state index contributed by atoms with van der Waals surface area (Å²) in [6.45, 7) is 3.55. The van der Waals surface area contributed by atoms with Crippen molar-refractivity contribution in [2.24, 2.45) is 0 Å². The monoisotopic (exact) mass is 403 g/mol. The van der Waals surface area contributed by atoms with E-state index >= 15 is 0 Å². The Balaban J connectivity index is 0.00000280. The molecule has 3 N–H and O–H groups in total. The molecule has 1 aliphatic rings. The number of rotatable bonds is 6. The standard InChI is InChI=1S/C20H25N5O2.ClH/c26-19(24-20(27)23-13-16-5-2-1-3-6-16)8-11-25-12-10-22-15-18(25)17-7-4-9-21-14-17;/h1-7,9,14,18,22H,8,10-13,15H2,(H2,23,24,26,27);1H. The van der Waals surface area contributed by atoms with Gasteiger partial charge in [-0.15, -0.1) is 12.4 Å². The average molecular weight is 404 g/mol. The van der Waals surface area contributed by atoms with E-state index in [1.54, 1.807) is 6.20 Å². The number of nitrogens with one attached hydrogen (secondary N) is 3. The Bertz CT molecular complexity index is 745. The van der Waals surface area contributed by atoms with Crippen LogP contribution < -0.4 is 16.0 Å². The van der Waals surface area contributed by atoms with Crippen LogP contribution in [0.4, 0.5) is 4.79 Å². The fourth-order valence-corrected chi connectivity index (χ4v) is 3.17. The highest BCUT2D eigenvalue weighted by Crippen LogP contribution is 2.21. The van der Waals surface area contributed by atoms with Crippen LogP contribution in [0.5, 0.6) is 0 Å². The number of piperazine rings is 1. The number of nitrogens with zero attached hydrogens (tertiary/aromatic N) is 2. The maximum atomic E-state index is 12.1. The third-order valence-corrected chi connectivity index (χ3v) is 4.60. The molecule has 0 bridgehead atoms. The molecule has 1 unspecified atom stereocenters. The second-order valence-corrected chi connectivity index (χ2v) is 6.51. The van der Waals surface area contributed by atoms with Crippen LogP contribution in [-0.2, 0) is 11.3 Å². The number of halogens is 1. The van der Waals surface area contributed by atoms with E-state index in [9.17, 15) is 9.59 Å². The Kier molecular flexibility index (Phi) is 8.87. The van der Waals surface area contributed by atoms with Gasteiger partial charge in [-0.05, 0) is 17.2 Å². The number of hydrogen-bond donors (Lipinski definition) is 3. The van der Waals surface area contributed by atoms with Crippen molar-refractivity contribution in [3.05, 3.63) is 66.0 Å². The van der Waals surface area contributed by atoms with E-state index in [1.165, 1.54) is 0 Å². The summed E-state index contributed by atoms with van der Waals surface area (Å²) >= 11 is 0. The average Bonchev–Trinajstić information content (AvgIpc) is 2.72. The van der Waals surface area contributed by atoms with Crippen molar-refractivity contribution in [2.45, 2.75) is 19.0 Å². The number of carbonyl (C=O) groups is 2. The second-order valence-electron chi connectivity index (χ2n) is 6.51. The third-order valence-electron chi connectivity index (χ3n) is 4.60. The first kappa shape index (κ1) is 21.8. The van der Waals surface area contributed by atoms with Gasteiger partial charge in [0.1, 0.15) is 0 Å². The lowest BCUT2D eigenvalue weighted by atomic mass is 10.1. The minimum Gasteiger partial charge on any atom is -0.334 e. The van der Waals surface area contributed by atoms with Crippen molar-refractivity contribution in [1.82, 2.24) is 25.8 Å². The molecule has 2 aromatic rings. The lowest BCUT2D eigenvalue weighted by Crippen LogP contribution is -2.47. The quantitative estimate of drug-likeness (QED) is 0.685. The highest BCUT2D eigenvalue weighted by atomic mass is 35.5. The van der Waals surface area contributed by atoms with Gasteiger partial charge in [0.2, 0.25) is 5.91 Å². The Morgan fingerprint density at radius 2 is 2.00 bits per heavy atom. The van der Waals surface area contributed by atoms with E-state index in [0.29, 0.717) is 13.1 Å². The lowest BCUT2D eigenvalue weighted by Gasteiger charge is -2.36. The maximum absolute atomic E-state index is 12.1. The van der Waals surface area contributed by atoms with Crippen molar-refractivity contribution in [3.63, 3.8) is 0 Å². The summed E-state index contributed by atoms with van der Waals surface area (Å²) in [5.41, 5.74) is 2.12. The summed E-state index contributed by atoms with van der Waals surface area (Å²) in [4.78, 5) is 30.5. The van der Waals surface area contributed by atoms with Crippen LogP contribution in [-0.4, -0.2) is 48.0 Å². The summed E-state index contributed by atoms with van der Waals surface area (Å²) in [5, 5.41) is 8.48. The van der Waals surface area contributed by atoms with Crippen molar-refractivity contribution in [1.29, 1.82) is 0 Å². The zero-order chi connectivity index (χ0) is 18.9. The van der Waals surface area contributed by atoms with E-state index in [4.69, 9.17) is 0 Å². The molecule has 1 aliphatic heterocycles. The molecule has 1 aromatic heterocycles. The first-order valence-corrected chi connectivity index (χ1v) is 9.18. The molecule has 1 fully saturated rings. The molecule has 28 heavy (non-hydrogen) atoms. The number of urea groups is 1. The molecule has 0 saturated carbocycles.